The van der Waals surface area contributed by atoms with Crippen LogP contribution in [0.25, 0.3) is 0 Å². The van der Waals surface area contributed by atoms with Crippen molar-refractivity contribution >= 4 is 0 Å². The molecular formula is C23H62. The van der Waals surface area contributed by atoms with E-state index in [1.165, 1.54) is 51.4 Å². The van der Waals surface area contributed by atoms with E-state index in [0.717, 1.165) is 0 Å². The Morgan fingerprint density at radius 3 is 0.304 bits per heavy atom. The summed E-state index contributed by atoms with van der Waals surface area (Å²) >= 11 is 0. The fourth-order valence-electron chi connectivity index (χ4n) is 0. The molecule has 0 aromatic heterocycles. The molecule has 0 saturated carbocycles. The van der Waals surface area contributed by atoms with Crippen LogP contribution in [0.1, 0.15) is 156 Å². The first-order chi connectivity index (χ1) is 10.4. The second kappa shape index (κ2) is 152. The monoisotopic (exact) mass is 338 g/mol. The van der Waals surface area contributed by atoms with E-state index in [1.807, 2.05) is 0 Å². The van der Waals surface area contributed by atoms with Crippen molar-refractivity contribution in [2.45, 2.75) is 156 Å². The number of rotatable bonds is 1. The molecule has 0 aromatic carbocycles. The van der Waals surface area contributed by atoms with E-state index < -0.39 is 0 Å². The lowest BCUT2D eigenvalue weighted by Crippen LogP contribution is -1.47. The highest BCUT2D eigenvalue weighted by Crippen LogP contribution is 1.76. The quantitative estimate of drug-likeness (QED) is 0.446. The molecule has 154 valence electrons. The zero-order valence-corrected chi connectivity index (χ0v) is 19.7. The van der Waals surface area contributed by atoms with E-state index in [9.17, 15) is 0 Å². The van der Waals surface area contributed by atoms with Gasteiger partial charge in [0.15, 0.2) is 0 Å². The van der Waals surface area contributed by atoms with Gasteiger partial charge in [-0.05, 0) is 0 Å². The van der Waals surface area contributed by atoms with Gasteiger partial charge in [0.05, 0.1) is 0 Å². The van der Waals surface area contributed by atoms with E-state index in [-0.39, 0.29) is 7.43 Å². The lowest BCUT2D eigenvalue weighted by atomic mass is 10.4. The van der Waals surface area contributed by atoms with Crippen molar-refractivity contribution in [3.05, 3.63) is 0 Å². The topological polar surface area (TPSA) is 0 Å². The van der Waals surface area contributed by atoms with Crippen LogP contribution in [0.15, 0.2) is 0 Å². The summed E-state index contributed by atoms with van der Waals surface area (Å²) in [5.74, 6) is 0. The van der Waals surface area contributed by atoms with Crippen LogP contribution in [0, 0.1) is 0 Å². The molecule has 0 unspecified atom stereocenters. The van der Waals surface area contributed by atoms with E-state index >= 15 is 0 Å². The van der Waals surface area contributed by atoms with Crippen molar-refractivity contribution in [3.8, 4) is 0 Å². The first kappa shape index (κ1) is 49.5. The highest BCUT2D eigenvalue weighted by Gasteiger charge is 1.56. The molecule has 0 nitrogen and oxygen atoms in total. The lowest BCUT2D eigenvalue weighted by molar-refractivity contribution is 0.886. The molecule has 0 rings (SSSR count). The zero-order valence-electron chi connectivity index (χ0n) is 19.7. The molecular weight excluding hydrogens is 276 g/mol. The normalized spacial score (nSPS) is 6.00. The van der Waals surface area contributed by atoms with E-state index in [1.54, 1.807) is 0 Å². The summed E-state index contributed by atoms with van der Waals surface area (Å²) in [6.45, 7) is 29.9. The minimum atomic E-state index is 0. The SMILES string of the molecule is C.CCC.CCC.CCC.CCC.CCC.CCC.CCCC. The fraction of sp³-hybridized carbons (Fsp3) is 1.00. The van der Waals surface area contributed by atoms with Crippen LogP contribution in [0.3, 0.4) is 0 Å². The summed E-state index contributed by atoms with van der Waals surface area (Å²) in [6.07, 6.45) is 10.1. The van der Waals surface area contributed by atoms with E-state index in [0.29, 0.717) is 0 Å². The maximum absolute atomic E-state index is 2.18. The summed E-state index contributed by atoms with van der Waals surface area (Å²) in [5, 5.41) is 0. The highest BCUT2D eigenvalue weighted by molar-refractivity contribution is 4.12. The van der Waals surface area contributed by atoms with Crippen molar-refractivity contribution in [2.75, 3.05) is 0 Å². The minimum absolute atomic E-state index is 0. The predicted molar refractivity (Wildman–Crippen MR) is 123 cm³/mol. The first-order valence-corrected chi connectivity index (χ1v) is 10.4. The molecule has 0 N–H and O–H groups in total. The van der Waals surface area contributed by atoms with Crippen LogP contribution in [0.4, 0.5) is 0 Å². The largest absolute Gasteiger partial charge is 0.0776 e. The van der Waals surface area contributed by atoms with Crippen LogP contribution in [-0.2, 0) is 0 Å². The Morgan fingerprint density at radius 1 is 0.261 bits per heavy atom. The van der Waals surface area contributed by atoms with Gasteiger partial charge in [-0.3, -0.25) is 0 Å². The fourth-order valence-corrected chi connectivity index (χ4v) is 0. The maximum Gasteiger partial charge on any atom is -0.0564 e. The standard InChI is InChI=1S/C4H10.6C3H8.CH4/c1-3-4-2;6*1-3-2;/h3-4H2,1-2H3;6*3H2,1-2H3;1H4. The highest BCUT2D eigenvalue weighted by atomic mass is 13.6. The van der Waals surface area contributed by atoms with Gasteiger partial charge in [-0.2, -0.15) is 0 Å². The molecule has 0 fully saturated rings. The van der Waals surface area contributed by atoms with Crippen molar-refractivity contribution < 1.29 is 0 Å². The molecule has 0 aromatic rings. The molecule has 0 spiro atoms. The van der Waals surface area contributed by atoms with Gasteiger partial charge in [0.1, 0.15) is 0 Å². The molecule has 0 amide bonds. The Morgan fingerprint density at radius 2 is 0.304 bits per heavy atom. The number of hydrogen-bond donors (Lipinski definition) is 0. The molecule has 0 heteroatoms. The summed E-state index contributed by atoms with van der Waals surface area (Å²) in [6, 6.07) is 0. The zero-order chi connectivity index (χ0) is 19.7. The minimum Gasteiger partial charge on any atom is -0.0776 e. The van der Waals surface area contributed by atoms with Crippen molar-refractivity contribution in [1.29, 1.82) is 0 Å². The average molecular weight is 339 g/mol. The van der Waals surface area contributed by atoms with Gasteiger partial charge in [-0.1, -0.05) is 156 Å². The third kappa shape index (κ3) is 8800. The molecule has 0 bridgehead atoms. The third-order valence-corrected chi connectivity index (χ3v) is 0.500. The van der Waals surface area contributed by atoms with Gasteiger partial charge in [-0.25, -0.2) is 0 Å². The maximum atomic E-state index is 2.18. The molecule has 0 aliphatic heterocycles. The molecule has 0 radical (unpaired) electrons. The van der Waals surface area contributed by atoms with Gasteiger partial charge < -0.3 is 0 Å². The molecule has 23 heavy (non-hydrogen) atoms. The van der Waals surface area contributed by atoms with E-state index in [2.05, 4.69) is 96.9 Å². The predicted octanol–water partition coefficient (Wildman–Crippen LogP) is 10.9. The Labute approximate surface area is 156 Å². The summed E-state index contributed by atoms with van der Waals surface area (Å²) < 4.78 is 0. The molecule has 0 aliphatic rings. The van der Waals surface area contributed by atoms with Crippen molar-refractivity contribution in [1.82, 2.24) is 0 Å². The molecule has 0 atom stereocenters. The van der Waals surface area contributed by atoms with Crippen LogP contribution in [0.5, 0.6) is 0 Å². The lowest BCUT2D eigenvalue weighted by Gasteiger charge is -1.68. The van der Waals surface area contributed by atoms with Gasteiger partial charge in [0.2, 0.25) is 0 Å². The van der Waals surface area contributed by atoms with Crippen LogP contribution in [-0.4, -0.2) is 0 Å². The Bertz CT molecular complexity index is 30.5. The second-order valence-corrected chi connectivity index (χ2v) is 5.24. The van der Waals surface area contributed by atoms with Gasteiger partial charge in [0, 0.05) is 0 Å². The Kier molecular flexibility index (Phi) is 326. The van der Waals surface area contributed by atoms with Gasteiger partial charge in [-0.15, -0.1) is 0 Å². The summed E-state index contributed by atoms with van der Waals surface area (Å²) in [4.78, 5) is 0. The number of hydrogen-bond acceptors (Lipinski definition) is 0. The Balaban J connectivity index is -0.0000000189. The summed E-state index contributed by atoms with van der Waals surface area (Å²) in [5.41, 5.74) is 0. The van der Waals surface area contributed by atoms with Crippen molar-refractivity contribution in [2.24, 2.45) is 0 Å². The molecule has 0 aliphatic carbocycles. The first-order valence-electron chi connectivity index (χ1n) is 10.4. The molecule has 0 saturated heterocycles. The Hall–Kier alpha value is 0. The van der Waals surface area contributed by atoms with Crippen LogP contribution >= 0.6 is 0 Å². The van der Waals surface area contributed by atoms with Crippen LogP contribution in [0.2, 0.25) is 0 Å². The smallest absolute Gasteiger partial charge is 0.0564 e. The van der Waals surface area contributed by atoms with Gasteiger partial charge in [0.25, 0.3) is 0 Å². The van der Waals surface area contributed by atoms with E-state index in [4.69, 9.17) is 0 Å². The third-order valence-electron chi connectivity index (χ3n) is 0.500. The summed E-state index contributed by atoms with van der Waals surface area (Å²) in [7, 11) is 0. The number of unbranched alkanes of at least 4 members (excludes halogenated alkanes) is 1. The average Bonchev–Trinajstić information content (AvgIpc) is 2.44. The van der Waals surface area contributed by atoms with Crippen molar-refractivity contribution in [3.63, 3.8) is 0 Å². The van der Waals surface area contributed by atoms with Gasteiger partial charge >= 0.3 is 0 Å². The second-order valence-electron chi connectivity index (χ2n) is 5.24. The van der Waals surface area contributed by atoms with Crippen LogP contribution < -0.4 is 0 Å². The molecule has 0 heterocycles.